The molecular weight excluding hydrogens is 431 g/mol. The van der Waals surface area contributed by atoms with Crippen LogP contribution in [-0.4, -0.2) is 51.9 Å². The van der Waals surface area contributed by atoms with Crippen molar-refractivity contribution in [1.82, 2.24) is 15.2 Å². The fourth-order valence-electron chi connectivity index (χ4n) is 4.15. The minimum Gasteiger partial charge on any atom is -0.480 e. The second-order valence-electron chi connectivity index (χ2n) is 8.28. The minimum absolute atomic E-state index is 0.0779. The summed E-state index contributed by atoms with van der Waals surface area (Å²) >= 11 is 0. The summed E-state index contributed by atoms with van der Waals surface area (Å²) in [6, 6.07) is 2.96. The van der Waals surface area contributed by atoms with Crippen LogP contribution in [0.2, 0.25) is 0 Å². The number of rotatable bonds is 6. The predicted octanol–water partition coefficient (Wildman–Crippen LogP) is 1.85. The SMILES string of the molecule is Cc1cc(NC(=O)c2c(C)c(C(=O)C(=O)N[C@@H]3CCN[C@H](C(=O)O)C3)n(C)c2C)ccc1F. The second kappa shape index (κ2) is 9.53. The molecule has 176 valence electrons. The van der Waals surface area contributed by atoms with Crippen molar-refractivity contribution in [2.45, 2.75) is 45.7 Å². The molecule has 4 N–H and O–H groups in total. The van der Waals surface area contributed by atoms with E-state index in [0.717, 1.165) is 0 Å². The minimum atomic E-state index is -1.01. The van der Waals surface area contributed by atoms with Crippen LogP contribution in [0, 0.1) is 26.6 Å². The third-order valence-corrected chi connectivity index (χ3v) is 6.03. The first-order valence-corrected chi connectivity index (χ1v) is 10.6. The van der Waals surface area contributed by atoms with Gasteiger partial charge in [-0.05, 0) is 69.5 Å². The Morgan fingerprint density at radius 2 is 1.88 bits per heavy atom. The Hall–Kier alpha value is -3.53. The standard InChI is InChI=1S/C23H27FN4O5/c1-11-9-14(5-6-16(11)24)26-21(30)18-12(2)19(28(4)13(18)3)20(29)22(31)27-15-7-8-25-17(10-15)23(32)33/h5-6,9,15,17,25H,7-8,10H2,1-4H3,(H,26,30)(H,27,31)(H,32,33)/t15-,17+/m1/s1. The molecule has 9 nitrogen and oxygen atoms in total. The number of nitrogens with zero attached hydrogens (tertiary/aromatic N) is 1. The number of nitrogens with one attached hydrogen (secondary N) is 3. The number of carboxylic acids is 1. The first-order valence-electron chi connectivity index (χ1n) is 10.6. The number of benzene rings is 1. The van der Waals surface area contributed by atoms with Crippen molar-refractivity contribution in [2.24, 2.45) is 7.05 Å². The van der Waals surface area contributed by atoms with Crippen LogP contribution in [-0.2, 0) is 16.6 Å². The number of aryl methyl sites for hydroxylation is 1. The molecule has 2 heterocycles. The number of aromatic nitrogens is 1. The normalized spacial score (nSPS) is 18.0. The van der Waals surface area contributed by atoms with Gasteiger partial charge in [0.25, 0.3) is 17.6 Å². The zero-order valence-corrected chi connectivity index (χ0v) is 18.9. The molecule has 1 aromatic carbocycles. The van der Waals surface area contributed by atoms with Crippen molar-refractivity contribution in [3.8, 4) is 0 Å². The van der Waals surface area contributed by atoms with Crippen LogP contribution in [0.15, 0.2) is 18.2 Å². The molecule has 1 aromatic heterocycles. The number of Topliss-reactive ketones (excluding diaryl/α,β-unsaturated/α-hetero) is 1. The van der Waals surface area contributed by atoms with Crippen LogP contribution in [0.4, 0.5) is 10.1 Å². The van der Waals surface area contributed by atoms with E-state index < -0.39 is 35.7 Å². The van der Waals surface area contributed by atoms with Crippen molar-refractivity contribution >= 4 is 29.3 Å². The van der Waals surface area contributed by atoms with E-state index in [0.29, 0.717) is 35.5 Å². The van der Waals surface area contributed by atoms with Crippen LogP contribution in [0.5, 0.6) is 0 Å². The van der Waals surface area contributed by atoms with Crippen molar-refractivity contribution in [2.75, 3.05) is 11.9 Å². The number of hydrogen-bond acceptors (Lipinski definition) is 5. The molecule has 0 saturated carbocycles. The van der Waals surface area contributed by atoms with Crippen LogP contribution in [0.25, 0.3) is 0 Å². The average Bonchev–Trinajstić information content (AvgIpc) is 2.98. The lowest BCUT2D eigenvalue weighted by Crippen LogP contribution is -2.51. The monoisotopic (exact) mass is 458 g/mol. The Labute approximate surface area is 190 Å². The zero-order chi connectivity index (χ0) is 24.4. The maximum absolute atomic E-state index is 13.5. The van der Waals surface area contributed by atoms with E-state index in [4.69, 9.17) is 5.11 Å². The molecule has 2 amide bonds. The van der Waals surface area contributed by atoms with E-state index in [1.807, 2.05) is 0 Å². The van der Waals surface area contributed by atoms with Gasteiger partial charge < -0.3 is 25.6 Å². The van der Waals surface area contributed by atoms with Gasteiger partial charge >= 0.3 is 5.97 Å². The number of carboxylic acid groups (broad SMARTS) is 1. The second-order valence-corrected chi connectivity index (χ2v) is 8.28. The number of hydrogen-bond donors (Lipinski definition) is 4. The molecule has 0 spiro atoms. The predicted molar refractivity (Wildman–Crippen MR) is 119 cm³/mol. The number of piperidine rings is 1. The van der Waals surface area contributed by atoms with E-state index in [1.54, 1.807) is 27.8 Å². The Kier molecular flexibility index (Phi) is 6.97. The molecule has 0 aliphatic carbocycles. The summed E-state index contributed by atoms with van der Waals surface area (Å²) in [6.45, 7) is 5.24. The Balaban J connectivity index is 1.79. The van der Waals surface area contributed by atoms with Crippen LogP contribution >= 0.6 is 0 Å². The lowest BCUT2D eigenvalue weighted by Gasteiger charge is -2.28. The van der Waals surface area contributed by atoms with Crippen molar-refractivity contribution < 1.29 is 28.7 Å². The number of carbonyl (C=O) groups is 4. The Morgan fingerprint density at radius 3 is 2.52 bits per heavy atom. The molecular formula is C23H27FN4O5. The number of anilines is 1. The highest BCUT2D eigenvalue weighted by Gasteiger charge is 2.32. The lowest BCUT2D eigenvalue weighted by atomic mass is 9.99. The van der Waals surface area contributed by atoms with Gasteiger partial charge in [-0.25, -0.2) is 4.39 Å². The van der Waals surface area contributed by atoms with Crippen molar-refractivity contribution in [3.05, 3.63) is 52.1 Å². The van der Waals surface area contributed by atoms with Gasteiger partial charge in [-0.1, -0.05) is 0 Å². The summed E-state index contributed by atoms with van der Waals surface area (Å²) in [5.74, 6) is -3.53. The van der Waals surface area contributed by atoms with Crippen molar-refractivity contribution in [1.29, 1.82) is 0 Å². The molecule has 0 bridgehead atoms. The van der Waals surface area contributed by atoms with Gasteiger partial charge in [0.05, 0.1) is 11.3 Å². The highest BCUT2D eigenvalue weighted by molar-refractivity contribution is 6.43. The van der Waals surface area contributed by atoms with Crippen LogP contribution in [0.3, 0.4) is 0 Å². The van der Waals surface area contributed by atoms with Crippen LogP contribution in [0.1, 0.15) is 50.5 Å². The van der Waals surface area contributed by atoms with E-state index in [2.05, 4.69) is 16.0 Å². The summed E-state index contributed by atoms with van der Waals surface area (Å²) in [7, 11) is 1.59. The first-order chi connectivity index (χ1) is 15.5. The highest BCUT2D eigenvalue weighted by atomic mass is 19.1. The van der Waals surface area contributed by atoms with E-state index in [9.17, 15) is 23.6 Å². The number of aliphatic carboxylic acids is 1. The van der Waals surface area contributed by atoms with Gasteiger partial charge in [0, 0.05) is 24.5 Å². The zero-order valence-electron chi connectivity index (χ0n) is 18.9. The Bertz CT molecular complexity index is 1140. The summed E-state index contributed by atoms with van der Waals surface area (Å²) in [4.78, 5) is 49.8. The average molecular weight is 458 g/mol. The van der Waals surface area contributed by atoms with Gasteiger partial charge in [-0.2, -0.15) is 0 Å². The first kappa shape index (κ1) is 24.1. The van der Waals surface area contributed by atoms with Crippen LogP contribution < -0.4 is 16.0 Å². The highest BCUT2D eigenvalue weighted by Crippen LogP contribution is 2.24. The van der Waals surface area contributed by atoms with Gasteiger partial charge in [0.15, 0.2) is 0 Å². The number of carbonyl (C=O) groups excluding carboxylic acids is 3. The molecule has 3 rings (SSSR count). The molecule has 33 heavy (non-hydrogen) atoms. The summed E-state index contributed by atoms with van der Waals surface area (Å²) in [6.07, 6.45) is 0.670. The number of halogens is 1. The van der Waals surface area contributed by atoms with Gasteiger partial charge in [-0.15, -0.1) is 0 Å². The largest absolute Gasteiger partial charge is 0.480 e. The summed E-state index contributed by atoms with van der Waals surface area (Å²) in [5, 5.41) is 17.3. The topological polar surface area (TPSA) is 130 Å². The van der Waals surface area contributed by atoms with Gasteiger partial charge in [0.2, 0.25) is 0 Å². The molecule has 1 saturated heterocycles. The molecule has 0 unspecified atom stereocenters. The third kappa shape index (κ3) is 4.95. The quantitative estimate of drug-likeness (QED) is 0.386. The molecule has 2 aromatic rings. The van der Waals surface area contributed by atoms with Gasteiger partial charge in [-0.3, -0.25) is 19.2 Å². The molecule has 0 radical (unpaired) electrons. The molecule has 1 aliphatic heterocycles. The maximum Gasteiger partial charge on any atom is 0.320 e. The fraction of sp³-hybridized carbons (Fsp3) is 0.391. The molecule has 2 atom stereocenters. The smallest absolute Gasteiger partial charge is 0.320 e. The molecule has 1 fully saturated rings. The number of amides is 2. The molecule has 1 aliphatic rings. The molecule has 10 heteroatoms. The lowest BCUT2D eigenvalue weighted by molar-refractivity contribution is -0.140. The van der Waals surface area contributed by atoms with E-state index >= 15 is 0 Å². The maximum atomic E-state index is 13.5. The van der Waals surface area contributed by atoms with Gasteiger partial charge in [0.1, 0.15) is 11.9 Å². The Morgan fingerprint density at radius 1 is 1.18 bits per heavy atom. The summed E-state index contributed by atoms with van der Waals surface area (Å²) in [5.41, 5.74) is 1.96. The third-order valence-electron chi connectivity index (χ3n) is 6.03. The number of ketones is 1. The van der Waals surface area contributed by atoms with Crippen molar-refractivity contribution in [3.63, 3.8) is 0 Å². The van der Waals surface area contributed by atoms with E-state index in [-0.39, 0.29) is 23.5 Å². The fourth-order valence-corrected chi connectivity index (χ4v) is 4.15. The summed E-state index contributed by atoms with van der Waals surface area (Å²) < 4.78 is 15.0. The van der Waals surface area contributed by atoms with E-state index in [1.165, 1.54) is 22.8 Å².